The van der Waals surface area contributed by atoms with E-state index in [2.05, 4.69) is 23.8 Å². The molecule has 0 aliphatic carbocycles. The molecule has 0 saturated carbocycles. The van der Waals surface area contributed by atoms with E-state index in [1.807, 2.05) is 12.1 Å². The molecule has 5 heteroatoms. The van der Waals surface area contributed by atoms with Crippen molar-refractivity contribution < 1.29 is 14.0 Å². The zero-order valence-electron chi connectivity index (χ0n) is 12.5. The van der Waals surface area contributed by atoms with Crippen molar-refractivity contribution in [3.8, 4) is 5.75 Å². The Morgan fingerprint density at radius 1 is 1.29 bits per heavy atom. The van der Waals surface area contributed by atoms with E-state index in [4.69, 9.17) is 14.5 Å². The summed E-state index contributed by atoms with van der Waals surface area (Å²) in [4.78, 5) is 4.82. The van der Waals surface area contributed by atoms with Crippen molar-refractivity contribution >= 4 is 17.2 Å². The van der Waals surface area contributed by atoms with Crippen LogP contribution in [0.25, 0.3) is 17.2 Å². The van der Waals surface area contributed by atoms with Gasteiger partial charge >= 0.3 is 0 Å². The highest BCUT2D eigenvalue weighted by Gasteiger charge is 2.38. The van der Waals surface area contributed by atoms with E-state index in [0.29, 0.717) is 0 Å². The minimum absolute atomic E-state index is 0.833. The van der Waals surface area contributed by atoms with Crippen molar-refractivity contribution in [3.63, 3.8) is 0 Å². The maximum absolute atomic E-state index is 5.54. The largest absolute Gasteiger partial charge is 0.497 e. The second-order valence-corrected chi connectivity index (χ2v) is 5.89. The van der Waals surface area contributed by atoms with Crippen LogP contribution in [-0.2, 0) is 11.3 Å². The SMILES string of the molecule is COc1ccc2nc3n(c2c1)C=C(C)[N+]1(CCOCC1)C3. The smallest absolute Gasteiger partial charge is 0.170 e. The van der Waals surface area contributed by atoms with Gasteiger partial charge in [-0.2, -0.15) is 0 Å². The third kappa shape index (κ3) is 1.88. The number of hydrogen-bond donors (Lipinski definition) is 0. The van der Waals surface area contributed by atoms with E-state index in [1.54, 1.807) is 7.11 Å². The van der Waals surface area contributed by atoms with Crippen LogP contribution in [0.2, 0.25) is 0 Å². The highest BCUT2D eigenvalue weighted by atomic mass is 16.5. The van der Waals surface area contributed by atoms with Gasteiger partial charge < -0.3 is 9.47 Å². The first-order chi connectivity index (χ1) is 10.2. The molecule has 0 N–H and O–H groups in total. The summed E-state index contributed by atoms with van der Waals surface area (Å²) in [5.74, 6) is 2.00. The summed E-state index contributed by atoms with van der Waals surface area (Å²) in [6, 6.07) is 6.06. The average molecular weight is 286 g/mol. The second-order valence-electron chi connectivity index (χ2n) is 5.89. The predicted molar refractivity (Wildman–Crippen MR) is 80.7 cm³/mol. The molecule has 3 heterocycles. The molecular formula is C16H20N3O2+. The maximum Gasteiger partial charge on any atom is 0.170 e. The monoisotopic (exact) mass is 286 g/mol. The summed E-state index contributed by atoms with van der Waals surface area (Å²) in [6.07, 6.45) is 2.24. The molecule has 2 aromatic rings. The lowest BCUT2D eigenvalue weighted by molar-refractivity contribution is -0.913. The molecule has 5 nitrogen and oxygen atoms in total. The molecule has 1 spiro atoms. The third-order valence-corrected chi connectivity index (χ3v) is 4.81. The summed E-state index contributed by atoms with van der Waals surface area (Å²) in [5, 5.41) is 0. The van der Waals surface area contributed by atoms with Crippen molar-refractivity contribution in [2.75, 3.05) is 33.4 Å². The number of fused-ring (bicyclic) bond motifs is 3. The standard InChI is InChI=1S/C16H20N3O2/c1-12-10-18-15-9-13(20-2)3-4-14(15)17-16(18)11-19(12)5-7-21-8-6-19/h3-4,9-10H,5-8,11H2,1-2H3/q+1. The van der Waals surface area contributed by atoms with Gasteiger partial charge in [0.15, 0.2) is 5.82 Å². The van der Waals surface area contributed by atoms with Crippen LogP contribution in [0, 0.1) is 0 Å². The van der Waals surface area contributed by atoms with Gasteiger partial charge in [-0.25, -0.2) is 4.98 Å². The van der Waals surface area contributed by atoms with Crippen molar-refractivity contribution in [3.05, 3.63) is 29.7 Å². The van der Waals surface area contributed by atoms with Crippen LogP contribution >= 0.6 is 0 Å². The molecule has 0 bridgehead atoms. The van der Waals surface area contributed by atoms with Gasteiger partial charge in [0.2, 0.25) is 0 Å². The maximum atomic E-state index is 5.54. The fourth-order valence-electron chi connectivity index (χ4n) is 3.41. The summed E-state index contributed by atoms with van der Waals surface area (Å²) < 4.78 is 14.1. The molecular weight excluding hydrogens is 266 g/mol. The van der Waals surface area contributed by atoms with Gasteiger partial charge in [0.25, 0.3) is 0 Å². The number of benzene rings is 1. The van der Waals surface area contributed by atoms with E-state index < -0.39 is 0 Å². The van der Waals surface area contributed by atoms with Gasteiger partial charge in [-0.3, -0.25) is 9.05 Å². The van der Waals surface area contributed by atoms with Crippen LogP contribution in [-0.4, -0.2) is 47.4 Å². The first-order valence-corrected chi connectivity index (χ1v) is 7.39. The number of aromatic nitrogens is 2. The van der Waals surface area contributed by atoms with Gasteiger partial charge in [0.1, 0.15) is 31.1 Å². The Balaban J connectivity index is 1.85. The van der Waals surface area contributed by atoms with Crippen molar-refractivity contribution in [2.45, 2.75) is 13.5 Å². The highest BCUT2D eigenvalue weighted by Crippen LogP contribution is 2.32. The minimum atomic E-state index is 0.833. The Bertz CT molecular complexity index is 726. The fourth-order valence-corrected chi connectivity index (χ4v) is 3.41. The third-order valence-electron chi connectivity index (χ3n) is 4.81. The highest BCUT2D eigenvalue weighted by molar-refractivity contribution is 5.80. The first kappa shape index (κ1) is 12.9. The Hall–Kier alpha value is -1.85. The zero-order valence-corrected chi connectivity index (χ0v) is 12.5. The molecule has 0 atom stereocenters. The van der Waals surface area contributed by atoms with Crippen LogP contribution < -0.4 is 4.74 Å². The Labute approximate surface area is 124 Å². The van der Waals surface area contributed by atoms with E-state index in [0.717, 1.165) is 59.9 Å². The van der Waals surface area contributed by atoms with Crippen molar-refractivity contribution in [2.24, 2.45) is 0 Å². The lowest BCUT2D eigenvalue weighted by atomic mass is 10.2. The van der Waals surface area contributed by atoms with Crippen molar-refractivity contribution in [1.29, 1.82) is 0 Å². The van der Waals surface area contributed by atoms with E-state index in [9.17, 15) is 0 Å². The van der Waals surface area contributed by atoms with Gasteiger partial charge in [-0.1, -0.05) is 0 Å². The number of quaternary nitrogens is 1. The van der Waals surface area contributed by atoms with Gasteiger partial charge in [-0.15, -0.1) is 0 Å². The quantitative estimate of drug-likeness (QED) is 0.754. The molecule has 0 amide bonds. The number of hydrogen-bond acceptors (Lipinski definition) is 3. The van der Waals surface area contributed by atoms with Gasteiger partial charge in [0.05, 0.1) is 37.6 Å². The molecule has 1 fully saturated rings. The molecule has 21 heavy (non-hydrogen) atoms. The average Bonchev–Trinajstić information content (AvgIpc) is 2.85. The van der Waals surface area contributed by atoms with Crippen LogP contribution in [0.1, 0.15) is 12.7 Å². The molecule has 4 rings (SSSR count). The number of morpholine rings is 1. The Morgan fingerprint density at radius 3 is 2.86 bits per heavy atom. The van der Waals surface area contributed by atoms with Crippen molar-refractivity contribution in [1.82, 2.24) is 9.55 Å². The molecule has 2 aliphatic rings. The van der Waals surface area contributed by atoms with Crippen LogP contribution in [0.4, 0.5) is 0 Å². The number of allylic oxidation sites excluding steroid dienone is 1. The summed E-state index contributed by atoms with van der Waals surface area (Å²) >= 11 is 0. The van der Waals surface area contributed by atoms with E-state index in [1.165, 1.54) is 5.70 Å². The Morgan fingerprint density at radius 2 is 2.10 bits per heavy atom. The molecule has 1 saturated heterocycles. The lowest BCUT2D eigenvalue weighted by Gasteiger charge is -2.42. The van der Waals surface area contributed by atoms with E-state index >= 15 is 0 Å². The number of ether oxygens (including phenoxy) is 2. The second kappa shape index (κ2) is 4.58. The Kier molecular flexibility index (Phi) is 2.80. The van der Waals surface area contributed by atoms with Crippen LogP contribution in [0.5, 0.6) is 5.75 Å². The van der Waals surface area contributed by atoms with Crippen LogP contribution in [0.15, 0.2) is 23.9 Å². The molecule has 1 aromatic carbocycles. The van der Waals surface area contributed by atoms with Crippen LogP contribution in [0.3, 0.4) is 0 Å². The predicted octanol–water partition coefficient (Wildman–Crippen LogP) is 2.22. The minimum Gasteiger partial charge on any atom is -0.497 e. The number of methoxy groups -OCH3 is 1. The normalized spacial score (nSPS) is 20.4. The molecule has 0 unspecified atom stereocenters. The first-order valence-electron chi connectivity index (χ1n) is 7.39. The van der Waals surface area contributed by atoms with E-state index in [-0.39, 0.29) is 0 Å². The number of nitrogens with zero attached hydrogens (tertiary/aromatic N) is 3. The molecule has 0 radical (unpaired) electrons. The summed E-state index contributed by atoms with van der Waals surface area (Å²) in [7, 11) is 1.70. The summed E-state index contributed by atoms with van der Waals surface area (Å²) in [5.41, 5.74) is 3.53. The molecule has 2 aliphatic heterocycles. The number of imidazole rings is 1. The van der Waals surface area contributed by atoms with Gasteiger partial charge in [-0.05, 0) is 12.1 Å². The topological polar surface area (TPSA) is 36.3 Å². The zero-order chi connectivity index (χ0) is 14.4. The summed E-state index contributed by atoms with van der Waals surface area (Å²) in [6.45, 7) is 6.91. The fraction of sp³-hybridized carbons (Fsp3) is 0.438. The lowest BCUT2D eigenvalue weighted by Crippen LogP contribution is -2.54. The molecule has 110 valence electrons. The molecule has 1 aromatic heterocycles. The number of rotatable bonds is 1. The van der Waals surface area contributed by atoms with Gasteiger partial charge in [0, 0.05) is 13.0 Å².